The Morgan fingerprint density at radius 1 is 0.962 bits per heavy atom. The fourth-order valence-electron chi connectivity index (χ4n) is 2.20. The van der Waals surface area contributed by atoms with Gasteiger partial charge >= 0.3 is 0 Å². The van der Waals surface area contributed by atoms with Crippen LogP contribution in [0.5, 0.6) is 0 Å². The molecule has 0 heterocycles. The van der Waals surface area contributed by atoms with Crippen LogP contribution in [-0.4, -0.2) is 11.8 Å². The Bertz CT molecular complexity index is 817. The monoisotopic (exact) mass is 376 g/mol. The molecule has 0 atom stereocenters. The van der Waals surface area contributed by atoms with Crippen molar-refractivity contribution in [2.45, 2.75) is 33.6 Å². The topological polar surface area (TPSA) is 58.2 Å². The van der Waals surface area contributed by atoms with E-state index in [1.165, 1.54) is 26.0 Å². The molecule has 0 radical (unpaired) electrons. The molecule has 0 aliphatic heterocycles. The van der Waals surface area contributed by atoms with Crippen molar-refractivity contribution in [1.29, 1.82) is 0 Å². The highest BCUT2D eigenvalue weighted by atomic mass is 35.5. The second kappa shape index (κ2) is 7.87. The summed E-state index contributed by atoms with van der Waals surface area (Å²) in [5.74, 6) is -1.15. The number of anilines is 2. The molecule has 2 amide bonds. The van der Waals surface area contributed by atoms with Crippen LogP contribution >= 0.6 is 11.6 Å². The van der Waals surface area contributed by atoms with Gasteiger partial charge in [0.25, 0.3) is 0 Å². The van der Waals surface area contributed by atoms with E-state index in [1.54, 1.807) is 12.1 Å². The third kappa shape index (κ3) is 4.61. The van der Waals surface area contributed by atoms with E-state index in [4.69, 9.17) is 11.6 Å². The molecule has 0 aliphatic rings. The number of carbonyl (C=O) groups is 2. The number of rotatable bonds is 5. The van der Waals surface area contributed by atoms with Crippen molar-refractivity contribution in [2.75, 3.05) is 10.6 Å². The van der Waals surface area contributed by atoms with Gasteiger partial charge in [0, 0.05) is 11.4 Å². The zero-order valence-electron chi connectivity index (χ0n) is 15.2. The standard InChI is InChI=1S/C20H22ClFN2O2/c1-12(2)13-5-7-14(8-6-13)23-18(25)20(3,4)19(26)24-15-9-10-17(22)16(21)11-15/h5-12H,1-4H3,(H,23,25)(H,24,26). The van der Waals surface area contributed by atoms with Crippen LogP contribution in [0.4, 0.5) is 15.8 Å². The molecule has 0 unspecified atom stereocenters. The fourth-order valence-corrected chi connectivity index (χ4v) is 2.38. The number of carbonyl (C=O) groups excluding carboxylic acids is 2. The number of amides is 2. The zero-order valence-corrected chi connectivity index (χ0v) is 15.9. The molecule has 0 aliphatic carbocycles. The number of halogens is 2. The van der Waals surface area contributed by atoms with E-state index in [0.29, 0.717) is 17.3 Å². The average Bonchev–Trinajstić information content (AvgIpc) is 2.58. The Hall–Kier alpha value is -2.40. The summed E-state index contributed by atoms with van der Waals surface area (Å²) in [7, 11) is 0. The van der Waals surface area contributed by atoms with E-state index >= 15 is 0 Å². The van der Waals surface area contributed by atoms with Gasteiger partial charge in [-0.1, -0.05) is 37.6 Å². The highest BCUT2D eigenvalue weighted by Crippen LogP contribution is 2.25. The SMILES string of the molecule is CC(C)c1ccc(NC(=O)C(C)(C)C(=O)Nc2ccc(F)c(Cl)c2)cc1. The molecule has 2 N–H and O–H groups in total. The fraction of sp³-hybridized carbons (Fsp3) is 0.300. The maximum Gasteiger partial charge on any atom is 0.239 e. The van der Waals surface area contributed by atoms with Gasteiger partial charge in [-0.15, -0.1) is 0 Å². The Labute approximate surface area is 157 Å². The first-order valence-electron chi connectivity index (χ1n) is 8.29. The molecule has 0 spiro atoms. The number of hydrogen-bond donors (Lipinski definition) is 2. The van der Waals surface area contributed by atoms with Crippen LogP contribution in [0.1, 0.15) is 39.2 Å². The van der Waals surface area contributed by atoms with Crippen LogP contribution in [0.3, 0.4) is 0 Å². The molecule has 26 heavy (non-hydrogen) atoms. The van der Waals surface area contributed by atoms with Gasteiger partial charge in [0.1, 0.15) is 11.2 Å². The minimum atomic E-state index is -1.34. The summed E-state index contributed by atoms with van der Waals surface area (Å²) in [6.45, 7) is 7.21. The zero-order chi connectivity index (χ0) is 19.5. The highest BCUT2D eigenvalue weighted by molar-refractivity contribution is 6.31. The summed E-state index contributed by atoms with van der Waals surface area (Å²) < 4.78 is 13.2. The third-order valence-corrected chi connectivity index (χ3v) is 4.44. The predicted molar refractivity (Wildman–Crippen MR) is 103 cm³/mol. The molecule has 4 nitrogen and oxygen atoms in total. The number of benzene rings is 2. The predicted octanol–water partition coefficient (Wildman–Crippen LogP) is 5.21. The summed E-state index contributed by atoms with van der Waals surface area (Å²) in [6, 6.07) is 11.3. The van der Waals surface area contributed by atoms with Gasteiger partial charge in [-0.25, -0.2) is 4.39 Å². The van der Waals surface area contributed by atoms with E-state index in [-0.39, 0.29) is 5.02 Å². The van der Waals surface area contributed by atoms with Crippen LogP contribution in [0.2, 0.25) is 5.02 Å². The lowest BCUT2D eigenvalue weighted by atomic mass is 9.90. The van der Waals surface area contributed by atoms with Gasteiger partial charge in [0.05, 0.1) is 5.02 Å². The number of hydrogen-bond acceptors (Lipinski definition) is 2. The molecule has 0 bridgehead atoms. The Balaban J connectivity index is 2.07. The van der Waals surface area contributed by atoms with E-state index in [2.05, 4.69) is 24.5 Å². The van der Waals surface area contributed by atoms with E-state index < -0.39 is 23.0 Å². The van der Waals surface area contributed by atoms with Crippen molar-refractivity contribution in [3.05, 3.63) is 58.9 Å². The second-order valence-corrected chi connectivity index (χ2v) is 7.35. The largest absolute Gasteiger partial charge is 0.325 e. The van der Waals surface area contributed by atoms with Crippen molar-refractivity contribution in [1.82, 2.24) is 0 Å². The van der Waals surface area contributed by atoms with E-state index in [1.807, 2.05) is 12.1 Å². The van der Waals surface area contributed by atoms with Crippen molar-refractivity contribution < 1.29 is 14.0 Å². The summed E-state index contributed by atoms with van der Waals surface area (Å²) in [5.41, 5.74) is 0.763. The molecule has 2 aromatic carbocycles. The van der Waals surface area contributed by atoms with Gasteiger partial charge < -0.3 is 10.6 Å². The molecule has 0 saturated carbocycles. The lowest BCUT2D eigenvalue weighted by Crippen LogP contribution is -2.41. The van der Waals surface area contributed by atoms with Crippen LogP contribution in [0.25, 0.3) is 0 Å². The Morgan fingerprint density at radius 2 is 1.46 bits per heavy atom. The molecular weight excluding hydrogens is 355 g/mol. The Morgan fingerprint density at radius 3 is 1.96 bits per heavy atom. The second-order valence-electron chi connectivity index (χ2n) is 6.94. The van der Waals surface area contributed by atoms with Crippen molar-refractivity contribution >= 4 is 34.8 Å². The summed E-state index contributed by atoms with van der Waals surface area (Å²) >= 11 is 5.71. The van der Waals surface area contributed by atoms with Gasteiger partial charge in [0.2, 0.25) is 11.8 Å². The van der Waals surface area contributed by atoms with Gasteiger partial charge in [-0.2, -0.15) is 0 Å². The third-order valence-electron chi connectivity index (χ3n) is 4.15. The molecule has 0 saturated heterocycles. The van der Waals surface area contributed by atoms with Crippen LogP contribution in [0.15, 0.2) is 42.5 Å². The molecule has 6 heteroatoms. The maximum atomic E-state index is 13.2. The van der Waals surface area contributed by atoms with E-state index in [0.717, 1.165) is 11.6 Å². The summed E-state index contributed by atoms with van der Waals surface area (Å²) in [4.78, 5) is 25.0. The summed E-state index contributed by atoms with van der Waals surface area (Å²) in [5, 5.41) is 5.24. The number of nitrogens with one attached hydrogen (secondary N) is 2. The quantitative estimate of drug-likeness (QED) is 0.704. The first-order valence-corrected chi connectivity index (χ1v) is 8.67. The normalized spacial score (nSPS) is 11.3. The minimum absolute atomic E-state index is 0.102. The molecule has 2 aromatic rings. The van der Waals surface area contributed by atoms with Crippen LogP contribution in [0, 0.1) is 11.2 Å². The molecular formula is C20H22ClFN2O2. The minimum Gasteiger partial charge on any atom is -0.325 e. The van der Waals surface area contributed by atoms with Gasteiger partial charge in [0.15, 0.2) is 0 Å². The first kappa shape index (κ1) is 19.9. The van der Waals surface area contributed by atoms with Crippen LogP contribution in [-0.2, 0) is 9.59 Å². The smallest absolute Gasteiger partial charge is 0.239 e. The summed E-state index contributed by atoms with van der Waals surface area (Å²) in [6.07, 6.45) is 0. The average molecular weight is 377 g/mol. The van der Waals surface area contributed by atoms with Crippen molar-refractivity contribution in [3.63, 3.8) is 0 Å². The van der Waals surface area contributed by atoms with E-state index in [9.17, 15) is 14.0 Å². The lowest BCUT2D eigenvalue weighted by Gasteiger charge is -2.23. The van der Waals surface area contributed by atoms with Gasteiger partial charge in [-0.3, -0.25) is 9.59 Å². The first-order chi connectivity index (χ1) is 12.1. The maximum absolute atomic E-state index is 13.2. The Kier molecular flexibility index (Phi) is 6.03. The van der Waals surface area contributed by atoms with Gasteiger partial charge in [-0.05, 0) is 55.7 Å². The molecule has 138 valence electrons. The highest BCUT2D eigenvalue weighted by Gasteiger charge is 2.36. The van der Waals surface area contributed by atoms with Crippen molar-refractivity contribution in [3.8, 4) is 0 Å². The molecule has 2 rings (SSSR count). The molecule has 0 fully saturated rings. The molecule has 0 aromatic heterocycles. The lowest BCUT2D eigenvalue weighted by molar-refractivity contribution is -0.135. The van der Waals surface area contributed by atoms with Crippen molar-refractivity contribution in [2.24, 2.45) is 5.41 Å². The van der Waals surface area contributed by atoms with Crippen LogP contribution < -0.4 is 10.6 Å².